The molecule has 2 rings (SSSR count). The highest BCUT2D eigenvalue weighted by Crippen LogP contribution is 2.41. The van der Waals surface area contributed by atoms with E-state index >= 15 is 0 Å². The van der Waals surface area contributed by atoms with E-state index in [1.54, 1.807) is 0 Å². The van der Waals surface area contributed by atoms with Gasteiger partial charge >= 0.3 is 0 Å². The summed E-state index contributed by atoms with van der Waals surface area (Å²) in [7, 11) is 0. The monoisotopic (exact) mass is 154 g/mol. The Kier molecular flexibility index (Phi) is 1.60. The lowest BCUT2D eigenvalue weighted by atomic mass is 9.91. The maximum absolute atomic E-state index is 10.9. The molecule has 1 aliphatic heterocycles. The summed E-state index contributed by atoms with van der Waals surface area (Å²) in [5.74, 6) is 1.34. The molecule has 0 aromatic carbocycles. The molecule has 1 amide bonds. The summed E-state index contributed by atoms with van der Waals surface area (Å²) in [5.41, 5.74) is 5.27. The van der Waals surface area contributed by atoms with E-state index in [9.17, 15) is 4.79 Å². The van der Waals surface area contributed by atoms with Gasteiger partial charge in [0.05, 0.1) is 5.92 Å². The molecule has 0 spiro atoms. The number of primary amides is 1. The smallest absolute Gasteiger partial charge is 0.222 e. The highest BCUT2D eigenvalue weighted by molar-refractivity contribution is 5.77. The first kappa shape index (κ1) is 7.10. The third-order valence-electron chi connectivity index (χ3n) is 2.85. The van der Waals surface area contributed by atoms with Crippen molar-refractivity contribution in [3.05, 3.63) is 0 Å². The van der Waals surface area contributed by atoms with Crippen molar-refractivity contribution in [2.75, 3.05) is 13.1 Å². The van der Waals surface area contributed by atoms with Crippen molar-refractivity contribution in [2.24, 2.45) is 23.5 Å². The Hall–Kier alpha value is -0.570. The zero-order valence-electron chi connectivity index (χ0n) is 6.55. The molecule has 2 atom stereocenters. The fraction of sp³-hybridized carbons (Fsp3) is 0.875. The number of nitrogens with one attached hydrogen (secondary N) is 1. The van der Waals surface area contributed by atoms with Crippen LogP contribution in [0.15, 0.2) is 0 Å². The molecule has 0 aromatic heterocycles. The summed E-state index contributed by atoms with van der Waals surface area (Å²) in [4.78, 5) is 10.9. The minimum absolute atomic E-state index is 0.113. The van der Waals surface area contributed by atoms with Crippen LogP contribution in [0.3, 0.4) is 0 Å². The van der Waals surface area contributed by atoms with E-state index in [1.807, 2.05) is 0 Å². The van der Waals surface area contributed by atoms with E-state index in [-0.39, 0.29) is 11.8 Å². The highest BCUT2D eigenvalue weighted by Gasteiger charge is 2.41. The van der Waals surface area contributed by atoms with Gasteiger partial charge in [0.25, 0.3) is 0 Å². The van der Waals surface area contributed by atoms with Gasteiger partial charge in [0.2, 0.25) is 5.91 Å². The second-order valence-corrected chi connectivity index (χ2v) is 3.67. The number of nitrogens with two attached hydrogens (primary N) is 1. The van der Waals surface area contributed by atoms with E-state index in [0.717, 1.165) is 19.0 Å². The van der Waals surface area contributed by atoms with Crippen LogP contribution in [0, 0.1) is 17.8 Å². The summed E-state index contributed by atoms with van der Waals surface area (Å²) < 4.78 is 0. The molecule has 62 valence electrons. The molecule has 3 nitrogen and oxygen atoms in total. The van der Waals surface area contributed by atoms with Gasteiger partial charge in [-0.05, 0) is 31.2 Å². The Balaban J connectivity index is 2.01. The van der Waals surface area contributed by atoms with Crippen LogP contribution >= 0.6 is 0 Å². The number of hydrogen-bond donors (Lipinski definition) is 2. The largest absolute Gasteiger partial charge is 0.369 e. The van der Waals surface area contributed by atoms with Gasteiger partial charge in [0.15, 0.2) is 0 Å². The second-order valence-electron chi connectivity index (χ2n) is 3.67. The predicted octanol–water partition coefficient (Wildman–Crippen LogP) is -0.283. The molecule has 3 heteroatoms. The molecule has 0 aromatic rings. The van der Waals surface area contributed by atoms with Gasteiger partial charge in [0, 0.05) is 6.54 Å². The fourth-order valence-electron chi connectivity index (χ4n) is 2.03. The lowest BCUT2D eigenvalue weighted by molar-refractivity contribution is -0.122. The summed E-state index contributed by atoms with van der Waals surface area (Å²) in [5, 5.41) is 3.22. The van der Waals surface area contributed by atoms with Crippen molar-refractivity contribution in [1.29, 1.82) is 0 Å². The quantitative estimate of drug-likeness (QED) is 0.574. The van der Waals surface area contributed by atoms with Crippen LogP contribution in [0.2, 0.25) is 0 Å². The maximum atomic E-state index is 10.9. The van der Waals surface area contributed by atoms with Crippen LogP contribution in [-0.4, -0.2) is 19.0 Å². The van der Waals surface area contributed by atoms with Crippen molar-refractivity contribution in [2.45, 2.75) is 12.8 Å². The van der Waals surface area contributed by atoms with Gasteiger partial charge in [-0.1, -0.05) is 0 Å². The molecular weight excluding hydrogens is 140 g/mol. The second kappa shape index (κ2) is 2.48. The Morgan fingerprint density at radius 2 is 2.09 bits per heavy atom. The first-order valence-electron chi connectivity index (χ1n) is 4.29. The molecule has 1 heterocycles. The van der Waals surface area contributed by atoms with E-state index in [1.165, 1.54) is 12.8 Å². The van der Waals surface area contributed by atoms with Crippen LogP contribution in [-0.2, 0) is 4.79 Å². The molecule has 1 saturated heterocycles. The lowest BCUT2D eigenvalue weighted by Crippen LogP contribution is -2.30. The molecule has 1 aliphatic carbocycles. The van der Waals surface area contributed by atoms with E-state index < -0.39 is 0 Å². The molecule has 2 fully saturated rings. The van der Waals surface area contributed by atoms with Crippen molar-refractivity contribution in [3.63, 3.8) is 0 Å². The van der Waals surface area contributed by atoms with Crippen molar-refractivity contribution in [3.8, 4) is 0 Å². The molecule has 0 bridgehead atoms. The molecule has 0 radical (unpaired) electrons. The third-order valence-corrected chi connectivity index (χ3v) is 2.85. The van der Waals surface area contributed by atoms with Crippen LogP contribution < -0.4 is 11.1 Å². The van der Waals surface area contributed by atoms with Gasteiger partial charge in [-0.3, -0.25) is 4.79 Å². The van der Waals surface area contributed by atoms with Gasteiger partial charge in [-0.2, -0.15) is 0 Å². The normalized spacial score (nSPS) is 37.5. The predicted molar refractivity (Wildman–Crippen MR) is 41.8 cm³/mol. The molecular formula is C8H14N2O. The highest BCUT2D eigenvalue weighted by atomic mass is 16.1. The standard InChI is InChI=1S/C8H14N2O/c9-8(11)7-4-10-3-6(7)5-1-2-5/h5-7,10H,1-4H2,(H2,9,11). The number of carbonyl (C=O) groups is 1. The van der Waals surface area contributed by atoms with Gasteiger partial charge in [-0.25, -0.2) is 0 Å². The fourth-order valence-corrected chi connectivity index (χ4v) is 2.03. The lowest BCUT2D eigenvalue weighted by Gasteiger charge is -2.13. The average Bonchev–Trinajstić information content (AvgIpc) is 2.68. The van der Waals surface area contributed by atoms with E-state index in [0.29, 0.717) is 5.92 Å². The molecule has 11 heavy (non-hydrogen) atoms. The van der Waals surface area contributed by atoms with Crippen LogP contribution in [0.4, 0.5) is 0 Å². The Labute approximate surface area is 66.3 Å². The Morgan fingerprint density at radius 3 is 2.64 bits per heavy atom. The minimum atomic E-state index is -0.119. The minimum Gasteiger partial charge on any atom is -0.369 e. The van der Waals surface area contributed by atoms with E-state index in [4.69, 9.17) is 5.73 Å². The summed E-state index contributed by atoms with van der Waals surface area (Å²) >= 11 is 0. The first-order valence-corrected chi connectivity index (χ1v) is 4.29. The molecule has 2 unspecified atom stereocenters. The van der Waals surface area contributed by atoms with Gasteiger partial charge in [-0.15, -0.1) is 0 Å². The maximum Gasteiger partial charge on any atom is 0.222 e. The van der Waals surface area contributed by atoms with Crippen LogP contribution in [0.1, 0.15) is 12.8 Å². The molecule has 2 aliphatic rings. The number of carbonyl (C=O) groups excluding carboxylic acids is 1. The molecule has 1 saturated carbocycles. The SMILES string of the molecule is NC(=O)C1CNCC1C1CC1. The van der Waals surface area contributed by atoms with Crippen LogP contribution in [0.5, 0.6) is 0 Å². The van der Waals surface area contributed by atoms with E-state index in [2.05, 4.69) is 5.32 Å². The average molecular weight is 154 g/mol. The third kappa shape index (κ3) is 1.25. The topological polar surface area (TPSA) is 55.1 Å². The van der Waals surface area contributed by atoms with Crippen molar-refractivity contribution < 1.29 is 4.79 Å². The zero-order chi connectivity index (χ0) is 7.84. The number of rotatable bonds is 2. The van der Waals surface area contributed by atoms with Gasteiger partial charge in [0.1, 0.15) is 0 Å². The molecule has 3 N–H and O–H groups in total. The number of hydrogen-bond acceptors (Lipinski definition) is 2. The van der Waals surface area contributed by atoms with Crippen molar-refractivity contribution >= 4 is 5.91 Å². The Morgan fingerprint density at radius 1 is 1.36 bits per heavy atom. The summed E-state index contributed by atoms with van der Waals surface area (Å²) in [6.45, 7) is 1.80. The Bertz CT molecular complexity index is 177. The van der Waals surface area contributed by atoms with Crippen molar-refractivity contribution in [1.82, 2.24) is 5.32 Å². The van der Waals surface area contributed by atoms with Gasteiger partial charge < -0.3 is 11.1 Å². The first-order chi connectivity index (χ1) is 5.29. The summed E-state index contributed by atoms with van der Waals surface area (Å²) in [6, 6.07) is 0. The zero-order valence-corrected chi connectivity index (χ0v) is 6.55. The summed E-state index contributed by atoms with van der Waals surface area (Å²) in [6.07, 6.45) is 2.60. The number of amides is 1. The van der Waals surface area contributed by atoms with Crippen LogP contribution in [0.25, 0.3) is 0 Å².